The molecule has 3 rings (SSSR count). The minimum atomic E-state index is -0.0753. The van der Waals surface area contributed by atoms with Crippen molar-refractivity contribution in [1.29, 1.82) is 0 Å². The molecule has 0 amide bonds. The van der Waals surface area contributed by atoms with Crippen LogP contribution in [0.3, 0.4) is 0 Å². The monoisotopic (exact) mass is 260 g/mol. The number of aromatic amines is 1. The van der Waals surface area contributed by atoms with E-state index in [1.54, 1.807) is 11.3 Å². The number of H-pyrrole nitrogens is 1. The quantitative estimate of drug-likeness (QED) is 0.768. The molecule has 0 bridgehead atoms. The lowest BCUT2D eigenvalue weighted by atomic mass is 10.00. The normalized spacial score (nSPS) is 11.5. The second kappa shape index (κ2) is 4.06. The molecule has 0 unspecified atom stereocenters. The molecule has 0 aliphatic heterocycles. The van der Waals surface area contributed by atoms with Gasteiger partial charge in [0.1, 0.15) is 6.33 Å². The van der Waals surface area contributed by atoms with Gasteiger partial charge < -0.3 is 0 Å². The first-order valence-corrected chi connectivity index (χ1v) is 6.61. The Morgan fingerprint density at radius 1 is 1.44 bits per heavy atom. The largest absolute Gasteiger partial charge is 0.278 e. The highest BCUT2D eigenvalue weighted by Gasteiger charge is 2.18. The first-order chi connectivity index (χ1) is 8.68. The molecule has 18 heavy (non-hydrogen) atoms. The van der Waals surface area contributed by atoms with Crippen molar-refractivity contribution < 1.29 is 0 Å². The fourth-order valence-corrected chi connectivity index (χ4v) is 2.65. The minimum Gasteiger partial charge on any atom is -0.278 e. The van der Waals surface area contributed by atoms with E-state index in [-0.39, 0.29) is 11.5 Å². The van der Waals surface area contributed by atoms with Crippen molar-refractivity contribution in [2.45, 2.75) is 19.8 Å². The molecule has 3 aromatic rings. The number of nitrogens with one attached hydrogen (secondary N) is 1. The number of aromatic nitrogens is 4. The summed E-state index contributed by atoms with van der Waals surface area (Å²) in [6.07, 6.45) is 1.48. The summed E-state index contributed by atoms with van der Waals surface area (Å²) in [6, 6.07) is 1.97. The number of fused-ring (bicyclic) bond motifs is 1. The van der Waals surface area contributed by atoms with E-state index in [0.717, 1.165) is 16.8 Å². The third-order valence-electron chi connectivity index (χ3n) is 2.84. The molecule has 0 aliphatic carbocycles. The van der Waals surface area contributed by atoms with Crippen molar-refractivity contribution in [3.8, 4) is 11.3 Å². The highest BCUT2D eigenvalue weighted by Crippen LogP contribution is 2.26. The molecule has 92 valence electrons. The summed E-state index contributed by atoms with van der Waals surface area (Å²) in [7, 11) is 0. The van der Waals surface area contributed by atoms with Gasteiger partial charge in [0.15, 0.2) is 0 Å². The van der Waals surface area contributed by atoms with Crippen LogP contribution in [0.15, 0.2) is 27.9 Å². The fraction of sp³-hybridized carbons (Fsp3) is 0.250. The molecule has 5 nitrogen and oxygen atoms in total. The molecule has 0 atom stereocenters. The zero-order valence-corrected chi connectivity index (χ0v) is 10.9. The number of hydrogen-bond donors (Lipinski definition) is 1. The summed E-state index contributed by atoms with van der Waals surface area (Å²) in [4.78, 5) is 20.9. The second-order valence-corrected chi connectivity index (χ2v) is 5.15. The third-order valence-corrected chi connectivity index (χ3v) is 3.52. The van der Waals surface area contributed by atoms with Crippen LogP contribution >= 0.6 is 11.3 Å². The van der Waals surface area contributed by atoms with Crippen molar-refractivity contribution in [1.82, 2.24) is 19.6 Å². The summed E-state index contributed by atoms with van der Waals surface area (Å²) >= 11 is 1.59. The number of thiophene rings is 1. The maximum absolute atomic E-state index is 12.4. The Bertz CT molecular complexity index is 739. The standard InChI is InChI=1S/C12H12N4OS/c1-7(2)9-10(8-3-4-18-5-8)15-12-13-6-14-16(12)11(9)17/h3-7H,1-2H3,(H,13,14,15). The van der Waals surface area contributed by atoms with E-state index in [1.165, 1.54) is 10.8 Å². The van der Waals surface area contributed by atoms with Crippen molar-refractivity contribution in [2.75, 3.05) is 0 Å². The van der Waals surface area contributed by atoms with Gasteiger partial charge in [-0.15, -0.1) is 0 Å². The predicted molar refractivity (Wildman–Crippen MR) is 71.0 cm³/mol. The maximum Gasteiger partial charge on any atom is 0.278 e. The predicted octanol–water partition coefficient (Wildman–Crippen LogP) is 2.27. The molecule has 0 spiro atoms. The fourth-order valence-electron chi connectivity index (χ4n) is 2.01. The Hall–Kier alpha value is -1.95. The summed E-state index contributed by atoms with van der Waals surface area (Å²) in [5.74, 6) is 0.519. The Balaban J connectivity index is 2.42. The first kappa shape index (κ1) is 11.2. The lowest BCUT2D eigenvalue weighted by molar-refractivity contribution is 0.797. The van der Waals surface area contributed by atoms with Crippen LogP contribution in [-0.2, 0) is 0 Å². The molecule has 0 radical (unpaired) electrons. The molecule has 6 heteroatoms. The number of hydrogen-bond acceptors (Lipinski definition) is 4. The van der Waals surface area contributed by atoms with E-state index >= 15 is 0 Å². The van der Waals surface area contributed by atoms with Gasteiger partial charge >= 0.3 is 0 Å². The lowest BCUT2D eigenvalue weighted by Crippen LogP contribution is -2.22. The number of nitrogens with zero attached hydrogens (tertiary/aromatic N) is 3. The molecule has 3 heterocycles. The highest BCUT2D eigenvalue weighted by molar-refractivity contribution is 7.08. The van der Waals surface area contributed by atoms with Gasteiger partial charge in [-0.3, -0.25) is 9.89 Å². The first-order valence-electron chi connectivity index (χ1n) is 5.67. The van der Waals surface area contributed by atoms with Gasteiger partial charge in [0.05, 0.1) is 5.69 Å². The Labute approximate surface area is 107 Å². The lowest BCUT2D eigenvalue weighted by Gasteiger charge is -2.09. The Morgan fingerprint density at radius 3 is 2.94 bits per heavy atom. The molecule has 1 N–H and O–H groups in total. The van der Waals surface area contributed by atoms with Crippen LogP contribution in [0.1, 0.15) is 25.3 Å². The molecule has 0 saturated heterocycles. The van der Waals surface area contributed by atoms with Gasteiger partial charge in [0.25, 0.3) is 11.3 Å². The maximum atomic E-state index is 12.4. The summed E-state index contributed by atoms with van der Waals surface area (Å²) in [5.41, 5.74) is 2.36. The van der Waals surface area contributed by atoms with E-state index in [1.807, 2.05) is 30.7 Å². The van der Waals surface area contributed by atoms with Gasteiger partial charge in [-0.05, 0) is 17.4 Å². The molecule has 3 aromatic heterocycles. The van der Waals surface area contributed by atoms with Gasteiger partial charge in [-0.1, -0.05) is 13.8 Å². The molecular formula is C12H12N4OS. The molecule has 0 saturated carbocycles. The smallest absolute Gasteiger partial charge is 0.278 e. The minimum absolute atomic E-state index is 0.0753. The van der Waals surface area contributed by atoms with Crippen LogP contribution in [0.25, 0.3) is 17.0 Å². The Morgan fingerprint density at radius 2 is 2.28 bits per heavy atom. The van der Waals surface area contributed by atoms with Crippen LogP contribution in [-0.4, -0.2) is 19.6 Å². The molecule has 0 fully saturated rings. The average molecular weight is 260 g/mol. The van der Waals surface area contributed by atoms with E-state index < -0.39 is 0 Å². The second-order valence-electron chi connectivity index (χ2n) is 4.37. The van der Waals surface area contributed by atoms with E-state index in [0.29, 0.717) is 5.78 Å². The van der Waals surface area contributed by atoms with Crippen LogP contribution < -0.4 is 5.56 Å². The van der Waals surface area contributed by atoms with Crippen LogP contribution in [0.5, 0.6) is 0 Å². The van der Waals surface area contributed by atoms with Gasteiger partial charge in [-0.2, -0.15) is 15.9 Å². The van der Waals surface area contributed by atoms with Crippen LogP contribution in [0.2, 0.25) is 0 Å². The highest BCUT2D eigenvalue weighted by atomic mass is 32.1. The zero-order valence-electron chi connectivity index (χ0n) is 10.0. The van der Waals surface area contributed by atoms with Gasteiger partial charge in [-0.25, -0.2) is 9.97 Å². The van der Waals surface area contributed by atoms with Gasteiger partial charge in [0, 0.05) is 16.5 Å². The molecular weight excluding hydrogens is 248 g/mol. The van der Waals surface area contributed by atoms with Crippen LogP contribution in [0.4, 0.5) is 0 Å². The van der Waals surface area contributed by atoms with E-state index in [4.69, 9.17) is 0 Å². The Kier molecular flexibility index (Phi) is 2.52. The molecule has 0 aromatic carbocycles. The average Bonchev–Trinajstić information content (AvgIpc) is 2.99. The summed E-state index contributed by atoms with van der Waals surface area (Å²) in [5, 5.41) is 6.77. The van der Waals surface area contributed by atoms with E-state index in [9.17, 15) is 4.79 Å². The van der Waals surface area contributed by atoms with Crippen molar-refractivity contribution in [3.63, 3.8) is 0 Å². The van der Waals surface area contributed by atoms with Crippen molar-refractivity contribution >= 4 is 17.1 Å². The summed E-state index contributed by atoms with van der Waals surface area (Å²) in [6.45, 7) is 3.99. The third kappa shape index (κ3) is 1.57. The van der Waals surface area contributed by atoms with Gasteiger partial charge in [0.2, 0.25) is 0 Å². The topological polar surface area (TPSA) is 63.1 Å². The van der Waals surface area contributed by atoms with Crippen molar-refractivity contribution in [3.05, 3.63) is 39.1 Å². The summed E-state index contributed by atoms with van der Waals surface area (Å²) < 4.78 is 1.38. The van der Waals surface area contributed by atoms with E-state index in [2.05, 4.69) is 15.1 Å². The number of rotatable bonds is 2. The SMILES string of the molecule is CC(C)c1c(-c2ccsc2)nc2nc[nH]n2c1=O. The molecule has 0 aliphatic rings. The van der Waals surface area contributed by atoms with Crippen LogP contribution in [0, 0.1) is 0 Å². The zero-order chi connectivity index (χ0) is 12.7. The van der Waals surface area contributed by atoms with Crippen molar-refractivity contribution in [2.24, 2.45) is 0 Å².